The number of halogens is 5. The van der Waals surface area contributed by atoms with Crippen molar-refractivity contribution in [1.82, 2.24) is 4.31 Å². The molecule has 2 heterocycles. The molecule has 0 aromatic heterocycles. The summed E-state index contributed by atoms with van der Waals surface area (Å²) in [5.41, 5.74) is -0.831. The Morgan fingerprint density at radius 1 is 1.06 bits per heavy atom. The first kappa shape index (κ1) is 30.0. The van der Waals surface area contributed by atoms with Gasteiger partial charge < -0.3 is 9.47 Å². The zero-order valence-corrected chi connectivity index (χ0v) is 21.3. The number of hydrogen-bond donors (Lipinski definition) is 0. The van der Waals surface area contributed by atoms with E-state index in [4.69, 9.17) is 9.47 Å². The fraction of sp³-hybridized carbons (Fsp3) is 0.870. The summed E-state index contributed by atoms with van der Waals surface area (Å²) in [6, 6.07) is 0. The zero-order valence-electron chi connectivity index (χ0n) is 20.5. The van der Waals surface area contributed by atoms with Gasteiger partial charge in [-0.05, 0) is 52.4 Å². The number of alkyl halides is 5. The highest BCUT2D eigenvalue weighted by Crippen LogP contribution is 2.39. The molecule has 0 radical (unpaired) electrons. The van der Waals surface area contributed by atoms with Crippen molar-refractivity contribution in [2.24, 2.45) is 5.92 Å². The van der Waals surface area contributed by atoms with Gasteiger partial charge in [-0.2, -0.15) is 22.0 Å². The van der Waals surface area contributed by atoms with Crippen LogP contribution in [0.25, 0.3) is 0 Å². The quantitative estimate of drug-likeness (QED) is 0.176. The normalized spacial score (nSPS) is 21.4. The van der Waals surface area contributed by atoms with Crippen LogP contribution in [0.2, 0.25) is 0 Å². The van der Waals surface area contributed by atoms with Crippen LogP contribution in [0.15, 0.2) is 12.2 Å². The van der Waals surface area contributed by atoms with Crippen LogP contribution in [0, 0.1) is 5.92 Å². The SMILES string of the molecule is CC(C)(C)OC(=O)C1(S(=O)(=O)N2CCC(CCCC=CCC(F)(F)C(F)(F)F)CC2)CCOCC1. The molecule has 0 amide bonds. The molecule has 0 aliphatic carbocycles. The van der Waals surface area contributed by atoms with Crippen molar-refractivity contribution in [1.29, 1.82) is 0 Å². The number of nitrogens with zero attached hydrogens (tertiary/aromatic N) is 1. The molecular weight excluding hydrogens is 497 g/mol. The smallest absolute Gasteiger partial charge is 0.453 e. The Kier molecular flexibility index (Phi) is 9.77. The third kappa shape index (κ3) is 7.61. The molecule has 2 saturated heterocycles. The second kappa shape index (κ2) is 11.4. The van der Waals surface area contributed by atoms with Crippen molar-refractivity contribution < 1.29 is 44.6 Å². The summed E-state index contributed by atoms with van der Waals surface area (Å²) in [5, 5.41) is 0. The summed E-state index contributed by atoms with van der Waals surface area (Å²) >= 11 is 0. The van der Waals surface area contributed by atoms with Crippen molar-refractivity contribution in [3.8, 4) is 0 Å². The number of esters is 1. The van der Waals surface area contributed by atoms with E-state index in [1.54, 1.807) is 20.8 Å². The second-order valence-corrected chi connectivity index (χ2v) is 12.5. The fourth-order valence-corrected chi connectivity index (χ4v) is 6.43. The van der Waals surface area contributed by atoms with Gasteiger partial charge in [0.15, 0.2) is 4.75 Å². The van der Waals surface area contributed by atoms with Crippen LogP contribution in [0.5, 0.6) is 0 Å². The molecule has 6 nitrogen and oxygen atoms in total. The first-order valence-electron chi connectivity index (χ1n) is 11.9. The van der Waals surface area contributed by atoms with Gasteiger partial charge in [0.05, 0.1) is 0 Å². The molecular formula is C23H36F5NO5S. The number of carbonyl (C=O) groups excluding carboxylic acids is 1. The van der Waals surface area contributed by atoms with E-state index >= 15 is 0 Å². The van der Waals surface area contributed by atoms with Gasteiger partial charge >= 0.3 is 18.1 Å². The molecule has 0 aromatic rings. The van der Waals surface area contributed by atoms with E-state index in [1.165, 1.54) is 10.4 Å². The minimum Gasteiger partial charge on any atom is -0.459 e. The third-order valence-corrected chi connectivity index (χ3v) is 9.02. The first-order chi connectivity index (χ1) is 16.0. The average Bonchev–Trinajstić information content (AvgIpc) is 2.75. The molecule has 0 unspecified atom stereocenters. The van der Waals surface area contributed by atoms with E-state index in [2.05, 4.69) is 0 Å². The predicted molar refractivity (Wildman–Crippen MR) is 120 cm³/mol. The van der Waals surface area contributed by atoms with Crippen molar-refractivity contribution in [2.45, 2.75) is 94.6 Å². The fourth-order valence-electron chi connectivity index (χ4n) is 4.31. The Hall–Kier alpha value is -1.27. The van der Waals surface area contributed by atoms with Crippen LogP contribution in [0.1, 0.15) is 72.1 Å². The van der Waals surface area contributed by atoms with Gasteiger partial charge in [0.1, 0.15) is 5.60 Å². The summed E-state index contributed by atoms with van der Waals surface area (Å²) in [4.78, 5) is 13.0. The lowest BCUT2D eigenvalue weighted by Crippen LogP contribution is -2.59. The van der Waals surface area contributed by atoms with Gasteiger partial charge in [-0.25, -0.2) is 12.7 Å². The lowest BCUT2D eigenvalue weighted by atomic mass is 9.92. The topological polar surface area (TPSA) is 72.9 Å². The van der Waals surface area contributed by atoms with Gasteiger partial charge in [-0.3, -0.25) is 4.79 Å². The van der Waals surface area contributed by atoms with E-state index in [0.717, 1.165) is 6.08 Å². The lowest BCUT2D eigenvalue weighted by molar-refractivity contribution is -0.280. The van der Waals surface area contributed by atoms with E-state index in [0.29, 0.717) is 32.1 Å². The van der Waals surface area contributed by atoms with Crippen LogP contribution in [0.3, 0.4) is 0 Å². The standard InChI is InChI=1S/C23H36F5NO5S/c1-20(2,3)34-19(30)21(12-16-33-17-13-21)35(31,32)29-14-9-18(10-15-29)8-6-4-5-7-11-22(24,25)23(26,27)28/h5,7,18H,4,6,8-17H2,1-3H3. The van der Waals surface area contributed by atoms with Gasteiger partial charge in [0.2, 0.25) is 10.0 Å². The number of carbonyl (C=O) groups is 1. The molecule has 0 spiro atoms. The Labute approximate surface area is 204 Å². The first-order valence-corrected chi connectivity index (χ1v) is 13.4. The summed E-state index contributed by atoms with van der Waals surface area (Å²) < 4.78 is 100.0. The van der Waals surface area contributed by atoms with Crippen molar-refractivity contribution in [3.05, 3.63) is 12.2 Å². The van der Waals surface area contributed by atoms with Gasteiger partial charge in [-0.15, -0.1) is 0 Å². The molecule has 0 N–H and O–H groups in total. The summed E-state index contributed by atoms with van der Waals surface area (Å²) in [6.07, 6.45) is -1.85. The molecule has 0 aromatic carbocycles. The highest BCUT2D eigenvalue weighted by atomic mass is 32.2. The molecule has 35 heavy (non-hydrogen) atoms. The number of sulfonamides is 1. The molecule has 2 aliphatic heterocycles. The van der Waals surface area contributed by atoms with Crippen molar-refractivity contribution >= 4 is 16.0 Å². The summed E-state index contributed by atoms with van der Waals surface area (Å²) in [7, 11) is -4.00. The molecule has 2 fully saturated rings. The molecule has 0 bridgehead atoms. The number of unbranched alkanes of at least 4 members (excludes halogenated alkanes) is 1. The maximum atomic E-state index is 13.6. The number of ether oxygens (including phenoxy) is 2. The Morgan fingerprint density at radius 3 is 2.14 bits per heavy atom. The molecule has 0 atom stereocenters. The largest absolute Gasteiger partial charge is 0.459 e. The van der Waals surface area contributed by atoms with Crippen molar-refractivity contribution in [2.75, 3.05) is 26.3 Å². The summed E-state index contributed by atoms with van der Waals surface area (Å²) in [5.74, 6) is -5.28. The van der Waals surface area contributed by atoms with E-state index in [9.17, 15) is 35.2 Å². The highest BCUT2D eigenvalue weighted by Gasteiger charge is 2.57. The predicted octanol–water partition coefficient (Wildman–Crippen LogP) is 5.23. The van der Waals surface area contributed by atoms with Crippen LogP contribution in [-0.4, -0.2) is 67.4 Å². The average molecular weight is 534 g/mol. The number of hydrogen-bond acceptors (Lipinski definition) is 5. The maximum absolute atomic E-state index is 13.6. The number of allylic oxidation sites excluding steroid dienone is 2. The summed E-state index contributed by atoms with van der Waals surface area (Å²) in [6.45, 7) is 5.88. The Balaban J connectivity index is 1.89. The lowest BCUT2D eigenvalue weighted by Gasteiger charge is -2.41. The Morgan fingerprint density at radius 2 is 1.63 bits per heavy atom. The van der Waals surface area contributed by atoms with Gasteiger partial charge in [0.25, 0.3) is 0 Å². The number of piperidine rings is 1. The molecule has 2 rings (SSSR count). The number of rotatable bonds is 9. The minimum absolute atomic E-state index is 0.0316. The van der Waals surface area contributed by atoms with E-state index in [-0.39, 0.29) is 45.1 Å². The second-order valence-electron chi connectivity index (χ2n) is 10.3. The van der Waals surface area contributed by atoms with Crippen LogP contribution < -0.4 is 0 Å². The van der Waals surface area contributed by atoms with Crippen LogP contribution in [-0.2, 0) is 24.3 Å². The maximum Gasteiger partial charge on any atom is 0.453 e. The van der Waals surface area contributed by atoms with Crippen LogP contribution in [0.4, 0.5) is 22.0 Å². The molecule has 204 valence electrons. The molecule has 2 aliphatic rings. The van der Waals surface area contributed by atoms with E-state index in [1.807, 2.05) is 0 Å². The zero-order chi connectivity index (χ0) is 26.5. The highest BCUT2D eigenvalue weighted by molar-refractivity contribution is 7.91. The van der Waals surface area contributed by atoms with Gasteiger partial charge in [0, 0.05) is 45.6 Å². The Bertz CT molecular complexity index is 837. The third-order valence-electron chi connectivity index (χ3n) is 6.42. The van der Waals surface area contributed by atoms with Crippen LogP contribution >= 0.6 is 0 Å². The van der Waals surface area contributed by atoms with E-state index < -0.39 is 44.9 Å². The minimum atomic E-state index is -5.56. The molecule has 12 heteroatoms. The monoisotopic (exact) mass is 533 g/mol. The van der Waals surface area contributed by atoms with Gasteiger partial charge in [-0.1, -0.05) is 18.6 Å². The van der Waals surface area contributed by atoms with Crippen molar-refractivity contribution in [3.63, 3.8) is 0 Å². The molecule has 0 saturated carbocycles.